The van der Waals surface area contributed by atoms with E-state index in [4.69, 9.17) is 4.74 Å². The van der Waals surface area contributed by atoms with E-state index in [0.29, 0.717) is 0 Å². The highest BCUT2D eigenvalue weighted by Gasteiger charge is 2.25. The first-order valence-electron chi connectivity index (χ1n) is 7.11. The van der Waals surface area contributed by atoms with Crippen LogP contribution in [-0.2, 0) is 9.53 Å². The second-order valence-electron chi connectivity index (χ2n) is 6.36. The third kappa shape index (κ3) is 3.47. The average molecular weight is 366 g/mol. The van der Waals surface area contributed by atoms with Gasteiger partial charge in [-0.25, -0.2) is 0 Å². The minimum absolute atomic E-state index is 0.0681. The van der Waals surface area contributed by atoms with E-state index in [0.717, 1.165) is 26.5 Å². The van der Waals surface area contributed by atoms with Crippen LogP contribution < -0.4 is 0 Å². The highest BCUT2D eigenvalue weighted by molar-refractivity contribution is 9.10. The fourth-order valence-corrected chi connectivity index (χ4v) is 3.09. The highest BCUT2D eigenvalue weighted by Crippen LogP contribution is 2.34. The first-order chi connectivity index (χ1) is 10.2. The van der Waals surface area contributed by atoms with Crippen molar-refractivity contribution < 1.29 is 14.6 Å². The van der Waals surface area contributed by atoms with Gasteiger partial charge in [-0.3, -0.25) is 9.78 Å². The molecule has 1 heterocycles. The number of aromatic nitrogens is 1. The van der Waals surface area contributed by atoms with Crippen molar-refractivity contribution in [1.29, 1.82) is 0 Å². The van der Waals surface area contributed by atoms with Crippen molar-refractivity contribution in [3.63, 3.8) is 0 Å². The molecule has 2 aromatic rings. The molecule has 0 saturated carbocycles. The van der Waals surface area contributed by atoms with Gasteiger partial charge in [-0.1, -0.05) is 6.07 Å². The standard InChI is InChI=1S/C17H20BrNO3/c1-10-8-12-11(6-5-7-19-12)15(18)14(10)13(20)9-22-16(21)17(2,3)4/h5-8,13,20H,9H2,1-4H3/t13-/m1/s1. The molecule has 1 N–H and O–H groups in total. The predicted octanol–water partition coefficient (Wildman–Crippen LogP) is 3.93. The molecular weight excluding hydrogens is 346 g/mol. The van der Waals surface area contributed by atoms with E-state index < -0.39 is 11.5 Å². The fourth-order valence-electron chi connectivity index (χ4n) is 2.18. The van der Waals surface area contributed by atoms with Crippen molar-refractivity contribution in [2.75, 3.05) is 6.61 Å². The summed E-state index contributed by atoms with van der Waals surface area (Å²) in [6.45, 7) is 7.18. The van der Waals surface area contributed by atoms with E-state index >= 15 is 0 Å². The number of carbonyl (C=O) groups excluding carboxylic acids is 1. The van der Waals surface area contributed by atoms with Crippen molar-refractivity contribution in [3.05, 3.63) is 40.0 Å². The van der Waals surface area contributed by atoms with Crippen molar-refractivity contribution in [1.82, 2.24) is 4.98 Å². The molecule has 0 saturated heterocycles. The molecule has 0 amide bonds. The Balaban J connectivity index is 2.28. The summed E-state index contributed by atoms with van der Waals surface area (Å²) in [6, 6.07) is 5.70. The van der Waals surface area contributed by atoms with Gasteiger partial charge in [-0.15, -0.1) is 0 Å². The summed E-state index contributed by atoms with van der Waals surface area (Å²) in [5.74, 6) is -0.331. The molecule has 0 aliphatic heterocycles. The summed E-state index contributed by atoms with van der Waals surface area (Å²) in [4.78, 5) is 16.1. The molecule has 1 atom stereocenters. The predicted molar refractivity (Wildman–Crippen MR) is 89.6 cm³/mol. The van der Waals surface area contributed by atoms with Gasteiger partial charge in [-0.05, 0) is 61.3 Å². The molecule has 4 nitrogen and oxygen atoms in total. The van der Waals surface area contributed by atoms with Crippen LogP contribution in [0.3, 0.4) is 0 Å². The number of pyridine rings is 1. The number of benzene rings is 1. The Labute approximate surface area is 138 Å². The van der Waals surface area contributed by atoms with Crippen LogP contribution in [0.25, 0.3) is 10.9 Å². The molecule has 118 valence electrons. The molecular formula is C17H20BrNO3. The van der Waals surface area contributed by atoms with Crippen LogP contribution in [0, 0.1) is 12.3 Å². The summed E-state index contributed by atoms with van der Waals surface area (Å²) in [7, 11) is 0. The Kier molecular flexibility index (Phi) is 4.87. The van der Waals surface area contributed by atoms with Crippen molar-refractivity contribution in [3.8, 4) is 0 Å². The summed E-state index contributed by atoms with van der Waals surface area (Å²) in [5, 5.41) is 11.3. The lowest BCUT2D eigenvalue weighted by atomic mass is 9.97. The number of aliphatic hydroxyl groups is 1. The molecule has 0 spiro atoms. The second kappa shape index (κ2) is 6.34. The number of carbonyl (C=O) groups is 1. The highest BCUT2D eigenvalue weighted by atomic mass is 79.9. The Morgan fingerprint density at radius 3 is 2.77 bits per heavy atom. The lowest BCUT2D eigenvalue weighted by molar-refractivity contribution is -0.156. The fraction of sp³-hybridized carbons (Fsp3) is 0.412. The van der Waals surface area contributed by atoms with Gasteiger partial charge in [0.1, 0.15) is 12.7 Å². The zero-order valence-corrected chi connectivity index (χ0v) is 14.8. The van der Waals surface area contributed by atoms with Crippen molar-refractivity contribution in [2.45, 2.75) is 33.8 Å². The molecule has 0 aliphatic carbocycles. The van der Waals surface area contributed by atoms with Crippen LogP contribution in [0.1, 0.15) is 38.0 Å². The molecule has 0 fully saturated rings. The van der Waals surface area contributed by atoms with Crippen LogP contribution in [0.4, 0.5) is 0 Å². The first-order valence-corrected chi connectivity index (χ1v) is 7.90. The van der Waals surface area contributed by atoms with Gasteiger partial charge < -0.3 is 9.84 Å². The van der Waals surface area contributed by atoms with Gasteiger partial charge in [0.15, 0.2) is 0 Å². The van der Waals surface area contributed by atoms with Gasteiger partial charge in [0.05, 0.1) is 10.9 Å². The second-order valence-corrected chi connectivity index (χ2v) is 7.15. The lowest BCUT2D eigenvalue weighted by Crippen LogP contribution is -2.25. The number of hydrogen-bond donors (Lipinski definition) is 1. The molecule has 1 aromatic carbocycles. The van der Waals surface area contributed by atoms with Crippen LogP contribution in [0.2, 0.25) is 0 Å². The molecule has 0 bridgehead atoms. The van der Waals surface area contributed by atoms with E-state index in [9.17, 15) is 9.90 Å². The van der Waals surface area contributed by atoms with E-state index in [2.05, 4.69) is 20.9 Å². The molecule has 2 rings (SSSR count). The number of aryl methyl sites for hydroxylation is 1. The summed E-state index contributed by atoms with van der Waals surface area (Å²) >= 11 is 3.54. The average Bonchev–Trinajstić information content (AvgIpc) is 2.43. The van der Waals surface area contributed by atoms with E-state index in [1.54, 1.807) is 27.0 Å². The zero-order valence-electron chi connectivity index (χ0n) is 13.2. The summed E-state index contributed by atoms with van der Waals surface area (Å²) in [6.07, 6.45) is 0.848. The monoisotopic (exact) mass is 365 g/mol. The van der Waals surface area contributed by atoms with Gasteiger partial charge in [0.2, 0.25) is 0 Å². The van der Waals surface area contributed by atoms with Gasteiger partial charge in [-0.2, -0.15) is 0 Å². The van der Waals surface area contributed by atoms with Crippen molar-refractivity contribution in [2.24, 2.45) is 5.41 Å². The quantitative estimate of drug-likeness (QED) is 0.837. The van der Waals surface area contributed by atoms with E-state index in [1.165, 1.54) is 0 Å². The maximum absolute atomic E-state index is 11.8. The smallest absolute Gasteiger partial charge is 0.311 e. The number of rotatable bonds is 3. The van der Waals surface area contributed by atoms with Crippen molar-refractivity contribution >= 4 is 32.8 Å². The molecule has 22 heavy (non-hydrogen) atoms. The van der Waals surface area contributed by atoms with Crippen LogP contribution >= 0.6 is 15.9 Å². The minimum Gasteiger partial charge on any atom is -0.462 e. The Morgan fingerprint density at radius 2 is 2.14 bits per heavy atom. The molecule has 0 aliphatic rings. The lowest BCUT2D eigenvalue weighted by Gasteiger charge is -2.21. The topological polar surface area (TPSA) is 59.4 Å². The number of hydrogen-bond acceptors (Lipinski definition) is 4. The molecule has 1 aromatic heterocycles. The van der Waals surface area contributed by atoms with Gasteiger partial charge in [0, 0.05) is 21.6 Å². The number of fused-ring (bicyclic) bond motifs is 1. The third-order valence-electron chi connectivity index (χ3n) is 3.41. The summed E-state index contributed by atoms with van der Waals surface area (Å²) in [5.41, 5.74) is 1.90. The summed E-state index contributed by atoms with van der Waals surface area (Å²) < 4.78 is 6.01. The number of ether oxygens (including phenoxy) is 1. The molecule has 0 radical (unpaired) electrons. The van der Waals surface area contributed by atoms with Gasteiger partial charge in [0.25, 0.3) is 0 Å². The van der Waals surface area contributed by atoms with Crippen LogP contribution in [0.5, 0.6) is 0 Å². The normalized spacial score (nSPS) is 13.2. The maximum atomic E-state index is 11.8. The third-order valence-corrected chi connectivity index (χ3v) is 4.26. The number of nitrogens with zero attached hydrogens (tertiary/aromatic N) is 1. The largest absolute Gasteiger partial charge is 0.462 e. The number of esters is 1. The van der Waals surface area contributed by atoms with E-state index in [-0.39, 0.29) is 12.6 Å². The molecule has 0 unspecified atom stereocenters. The Morgan fingerprint density at radius 1 is 1.45 bits per heavy atom. The maximum Gasteiger partial charge on any atom is 0.311 e. The van der Waals surface area contributed by atoms with E-state index in [1.807, 2.05) is 25.1 Å². The Bertz CT molecular complexity index is 707. The van der Waals surface area contributed by atoms with Crippen LogP contribution in [-0.4, -0.2) is 22.7 Å². The number of aliphatic hydroxyl groups excluding tert-OH is 1. The molecule has 5 heteroatoms. The minimum atomic E-state index is -0.884. The number of halogens is 1. The van der Waals surface area contributed by atoms with Crippen LogP contribution in [0.15, 0.2) is 28.9 Å². The van der Waals surface area contributed by atoms with Gasteiger partial charge >= 0.3 is 5.97 Å². The first kappa shape index (κ1) is 16.9. The zero-order chi connectivity index (χ0) is 16.5. The Hall–Kier alpha value is -1.46. The SMILES string of the molecule is Cc1cc2ncccc2c(Br)c1[C@H](O)COC(=O)C(C)(C)C.